The molecule has 1 aromatic rings. The van der Waals surface area contributed by atoms with Crippen molar-refractivity contribution in [2.24, 2.45) is 23.7 Å². The second-order valence-corrected chi connectivity index (χ2v) is 6.75. The topological polar surface area (TPSA) is 63.3 Å². The molecular formula is C15H19NO3. The zero-order valence-corrected chi connectivity index (χ0v) is 10.9. The number of carboxylic acid groups (broad SMARTS) is 1. The Morgan fingerprint density at radius 3 is 2.42 bits per heavy atom. The fourth-order valence-electron chi connectivity index (χ4n) is 5.13. The number of nitrogens with zero attached hydrogens (tertiary/aromatic N) is 1. The van der Waals surface area contributed by atoms with Gasteiger partial charge in [0.1, 0.15) is 12.2 Å². The number of rotatable bonds is 3. The SMILES string of the molecule is O=C(O)Cc1cc(C2C3CC4CC(C3)CC2C4)no1. The third kappa shape index (κ3) is 1.88. The fourth-order valence-corrected chi connectivity index (χ4v) is 5.13. The van der Waals surface area contributed by atoms with Crippen LogP contribution in [-0.2, 0) is 11.2 Å². The Balaban J connectivity index is 1.58. The first-order chi connectivity index (χ1) is 9.19. The molecule has 5 rings (SSSR count). The van der Waals surface area contributed by atoms with Crippen LogP contribution in [0.4, 0.5) is 0 Å². The van der Waals surface area contributed by atoms with Crippen LogP contribution in [0.5, 0.6) is 0 Å². The molecule has 0 amide bonds. The van der Waals surface area contributed by atoms with Gasteiger partial charge in [0.15, 0.2) is 0 Å². The van der Waals surface area contributed by atoms with Gasteiger partial charge in [-0.15, -0.1) is 0 Å². The first kappa shape index (κ1) is 11.5. The van der Waals surface area contributed by atoms with Gasteiger partial charge < -0.3 is 9.63 Å². The van der Waals surface area contributed by atoms with Crippen molar-refractivity contribution in [1.82, 2.24) is 5.16 Å². The number of aliphatic carboxylic acids is 1. The van der Waals surface area contributed by atoms with E-state index in [-0.39, 0.29) is 6.42 Å². The van der Waals surface area contributed by atoms with Crippen molar-refractivity contribution in [1.29, 1.82) is 0 Å². The summed E-state index contributed by atoms with van der Waals surface area (Å²) in [5.41, 5.74) is 1.02. The second-order valence-electron chi connectivity index (χ2n) is 6.75. The molecule has 1 aromatic heterocycles. The van der Waals surface area contributed by atoms with Gasteiger partial charge in [0, 0.05) is 12.0 Å². The van der Waals surface area contributed by atoms with Crippen molar-refractivity contribution in [3.05, 3.63) is 17.5 Å². The van der Waals surface area contributed by atoms with Gasteiger partial charge in [0.05, 0.1) is 5.69 Å². The molecule has 0 radical (unpaired) electrons. The molecule has 4 aliphatic carbocycles. The van der Waals surface area contributed by atoms with Crippen LogP contribution in [0.3, 0.4) is 0 Å². The smallest absolute Gasteiger partial charge is 0.311 e. The molecule has 4 saturated carbocycles. The predicted molar refractivity (Wildman–Crippen MR) is 67.6 cm³/mol. The van der Waals surface area contributed by atoms with Crippen LogP contribution in [0.2, 0.25) is 0 Å². The second kappa shape index (κ2) is 4.09. The standard InChI is InChI=1S/C15H19NO3/c17-14(18)7-12-6-13(16-19-12)15-10-2-8-1-9(4-10)5-11(15)3-8/h6,8-11,15H,1-5,7H2,(H,17,18). The van der Waals surface area contributed by atoms with Gasteiger partial charge >= 0.3 is 5.97 Å². The molecular weight excluding hydrogens is 242 g/mol. The number of carbonyl (C=O) groups is 1. The lowest BCUT2D eigenvalue weighted by Gasteiger charge is -2.53. The van der Waals surface area contributed by atoms with Gasteiger partial charge in [-0.1, -0.05) is 5.16 Å². The summed E-state index contributed by atoms with van der Waals surface area (Å²) in [7, 11) is 0. The molecule has 4 fully saturated rings. The third-order valence-corrected chi connectivity index (χ3v) is 5.47. The van der Waals surface area contributed by atoms with E-state index in [2.05, 4.69) is 5.16 Å². The monoisotopic (exact) mass is 261 g/mol. The predicted octanol–water partition coefficient (Wildman–Crippen LogP) is 2.84. The van der Waals surface area contributed by atoms with Crippen LogP contribution < -0.4 is 0 Å². The summed E-state index contributed by atoms with van der Waals surface area (Å²) >= 11 is 0. The molecule has 0 aliphatic heterocycles. The maximum Gasteiger partial charge on any atom is 0.311 e. The van der Waals surface area contributed by atoms with Gasteiger partial charge in [-0.3, -0.25) is 4.79 Å². The Morgan fingerprint density at radius 2 is 1.84 bits per heavy atom. The maximum atomic E-state index is 10.7. The van der Waals surface area contributed by atoms with E-state index in [1.54, 1.807) is 0 Å². The summed E-state index contributed by atoms with van der Waals surface area (Å²) in [6.45, 7) is 0. The van der Waals surface area contributed by atoms with Gasteiger partial charge in [-0.05, 0) is 55.8 Å². The van der Waals surface area contributed by atoms with Crippen LogP contribution in [0.15, 0.2) is 10.6 Å². The molecule has 0 atom stereocenters. The Kier molecular flexibility index (Phi) is 2.47. The van der Waals surface area contributed by atoms with Crippen molar-refractivity contribution >= 4 is 5.97 Å². The molecule has 1 heterocycles. The van der Waals surface area contributed by atoms with E-state index in [0.717, 1.165) is 29.4 Å². The van der Waals surface area contributed by atoms with Gasteiger partial charge in [-0.2, -0.15) is 0 Å². The molecule has 0 spiro atoms. The van der Waals surface area contributed by atoms with Crippen molar-refractivity contribution in [2.75, 3.05) is 0 Å². The van der Waals surface area contributed by atoms with E-state index in [1.165, 1.54) is 32.1 Å². The molecule has 19 heavy (non-hydrogen) atoms. The summed E-state index contributed by atoms with van der Waals surface area (Å²) in [6.07, 6.45) is 6.78. The summed E-state index contributed by atoms with van der Waals surface area (Å²) < 4.78 is 5.20. The lowest BCUT2D eigenvalue weighted by Crippen LogP contribution is -2.43. The normalized spacial score (nSPS) is 39.7. The number of hydrogen-bond acceptors (Lipinski definition) is 3. The molecule has 4 heteroatoms. The highest BCUT2D eigenvalue weighted by atomic mass is 16.5. The summed E-state index contributed by atoms with van der Waals surface area (Å²) in [5.74, 6) is 3.59. The molecule has 4 bridgehead atoms. The lowest BCUT2D eigenvalue weighted by molar-refractivity contribution is -0.136. The average molecular weight is 261 g/mol. The highest BCUT2D eigenvalue weighted by molar-refractivity contribution is 5.69. The number of carboxylic acids is 1. The van der Waals surface area contributed by atoms with Crippen LogP contribution in [0.1, 0.15) is 49.5 Å². The molecule has 4 aliphatic rings. The fraction of sp³-hybridized carbons (Fsp3) is 0.733. The summed E-state index contributed by atoms with van der Waals surface area (Å²) in [4.78, 5) is 10.7. The minimum atomic E-state index is -0.854. The molecule has 0 unspecified atom stereocenters. The quantitative estimate of drug-likeness (QED) is 0.908. The maximum absolute atomic E-state index is 10.7. The Hall–Kier alpha value is -1.32. The average Bonchev–Trinajstić information content (AvgIpc) is 2.75. The molecule has 0 aromatic carbocycles. The first-order valence-corrected chi connectivity index (χ1v) is 7.36. The first-order valence-electron chi connectivity index (χ1n) is 7.36. The van der Waals surface area contributed by atoms with Crippen LogP contribution >= 0.6 is 0 Å². The highest BCUT2D eigenvalue weighted by Gasteiger charge is 2.49. The minimum absolute atomic E-state index is 0.0553. The van der Waals surface area contributed by atoms with E-state index in [4.69, 9.17) is 9.63 Å². The minimum Gasteiger partial charge on any atom is -0.481 e. The van der Waals surface area contributed by atoms with Crippen LogP contribution in [0, 0.1) is 23.7 Å². The zero-order chi connectivity index (χ0) is 13.0. The summed E-state index contributed by atoms with van der Waals surface area (Å²) in [5, 5.41) is 13.0. The van der Waals surface area contributed by atoms with E-state index < -0.39 is 5.97 Å². The van der Waals surface area contributed by atoms with E-state index in [0.29, 0.717) is 11.7 Å². The molecule has 0 saturated heterocycles. The Bertz CT molecular complexity index is 479. The lowest BCUT2D eigenvalue weighted by atomic mass is 9.51. The summed E-state index contributed by atoms with van der Waals surface area (Å²) in [6, 6.07) is 1.89. The van der Waals surface area contributed by atoms with Gasteiger partial charge in [0.2, 0.25) is 0 Å². The van der Waals surface area contributed by atoms with Crippen LogP contribution in [0.25, 0.3) is 0 Å². The van der Waals surface area contributed by atoms with Gasteiger partial charge in [-0.25, -0.2) is 0 Å². The Morgan fingerprint density at radius 1 is 1.21 bits per heavy atom. The molecule has 4 nitrogen and oxygen atoms in total. The molecule has 102 valence electrons. The largest absolute Gasteiger partial charge is 0.481 e. The van der Waals surface area contributed by atoms with E-state index >= 15 is 0 Å². The van der Waals surface area contributed by atoms with E-state index in [1.807, 2.05) is 6.07 Å². The zero-order valence-electron chi connectivity index (χ0n) is 10.9. The Labute approximate surface area is 112 Å². The number of aromatic nitrogens is 1. The van der Waals surface area contributed by atoms with Crippen molar-refractivity contribution in [3.63, 3.8) is 0 Å². The third-order valence-electron chi connectivity index (χ3n) is 5.47. The highest BCUT2D eigenvalue weighted by Crippen LogP contribution is 2.59. The van der Waals surface area contributed by atoms with Crippen molar-refractivity contribution in [2.45, 2.75) is 44.4 Å². The van der Waals surface area contributed by atoms with Crippen molar-refractivity contribution < 1.29 is 14.4 Å². The van der Waals surface area contributed by atoms with Gasteiger partial charge in [0.25, 0.3) is 0 Å². The molecule has 1 N–H and O–H groups in total. The number of hydrogen-bond donors (Lipinski definition) is 1. The van der Waals surface area contributed by atoms with Crippen LogP contribution in [-0.4, -0.2) is 16.2 Å². The van der Waals surface area contributed by atoms with Crippen molar-refractivity contribution in [3.8, 4) is 0 Å². The van der Waals surface area contributed by atoms with E-state index in [9.17, 15) is 4.79 Å².